The molecule has 1 aromatic carbocycles. The largest absolute Gasteiger partial charge is 0.493 e. The summed E-state index contributed by atoms with van der Waals surface area (Å²) in [6.45, 7) is 0.713. The highest BCUT2D eigenvalue weighted by Gasteiger charge is 2.53. The van der Waals surface area contributed by atoms with E-state index in [1.54, 1.807) is 0 Å². The van der Waals surface area contributed by atoms with E-state index in [0.29, 0.717) is 25.4 Å². The van der Waals surface area contributed by atoms with E-state index < -0.39 is 11.4 Å². The maximum atomic E-state index is 11.4. The van der Waals surface area contributed by atoms with Crippen molar-refractivity contribution in [3.63, 3.8) is 0 Å². The minimum atomic E-state index is -0.739. The first kappa shape index (κ1) is 12.0. The summed E-state index contributed by atoms with van der Waals surface area (Å²) in [5, 5.41) is 9.39. The maximum absolute atomic E-state index is 11.4. The van der Waals surface area contributed by atoms with Crippen LogP contribution < -0.4 is 4.74 Å². The van der Waals surface area contributed by atoms with Crippen molar-refractivity contribution in [2.75, 3.05) is 6.61 Å². The third-order valence-electron chi connectivity index (χ3n) is 3.79. The molecule has 0 bridgehead atoms. The van der Waals surface area contributed by atoms with Crippen LogP contribution in [0.5, 0.6) is 5.75 Å². The molecule has 0 atom stereocenters. The zero-order valence-corrected chi connectivity index (χ0v) is 11.6. The SMILES string of the molecule is O=C(O)C1(c2cc(Br)ccc2OCC2CC2)CC1. The Morgan fingerprint density at radius 1 is 1.44 bits per heavy atom. The number of carbonyl (C=O) groups is 1. The van der Waals surface area contributed by atoms with Crippen LogP contribution in [0.1, 0.15) is 31.2 Å². The Labute approximate surface area is 114 Å². The highest BCUT2D eigenvalue weighted by Crippen LogP contribution is 2.52. The van der Waals surface area contributed by atoms with Crippen LogP contribution in [-0.4, -0.2) is 17.7 Å². The van der Waals surface area contributed by atoms with Gasteiger partial charge in [-0.05, 0) is 49.8 Å². The quantitative estimate of drug-likeness (QED) is 0.907. The topological polar surface area (TPSA) is 46.5 Å². The molecule has 2 fully saturated rings. The van der Waals surface area contributed by atoms with Gasteiger partial charge in [-0.15, -0.1) is 0 Å². The van der Waals surface area contributed by atoms with E-state index in [-0.39, 0.29) is 0 Å². The highest BCUT2D eigenvalue weighted by atomic mass is 79.9. The summed E-state index contributed by atoms with van der Waals surface area (Å²) in [5.74, 6) is 0.670. The first-order valence-corrected chi connectivity index (χ1v) is 7.07. The van der Waals surface area contributed by atoms with Crippen LogP contribution in [0.4, 0.5) is 0 Å². The molecule has 0 unspecified atom stereocenters. The second-order valence-electron chi connectivity index (χ2n) is 5.28. The molecule has 0 aromatic heterocycles. The van der Waals surface area contributed by atoms with Gasteiger partial charge in [0, 0.05) is 10.0 Å². The average Bonchev–Trinajstić information content (AvgIpc) is 3.21. The fraction of sp³-hybridized carbons (Fsp3) is 0.500. The number of carboxylic acid groups (broad SMARTS) is 1. The average molecular weight is 311 g/mol. The van der Waals surface area contributed by atoms with Gasteiger partial charge in [-0.1, -0.05) is 15.9 Å². The molecule has 0 heterocycles. The predicted molar refractivity (Wildman–Crippen MR) is 70.9 cm³/mol. The Morgan fingerprint density at radius 2 is 2.17 bits per heavy atom. The van der Waals surface area contributed by atoms with Crippen molar-refractivity contribution in [2.24, 2.45) is 5.92 Å². The van der Waals surface area contributed by atoms with Crippen molar-refractivity contribution in [1.29, 1.82) is 0 Å². The first-order valence-electron chi connectivity index (χ1n) is 6.28. The zero-order chi connectivity index (χ0) is 12.8. The maximum Gasteiger partial charge on any atom is 0.314 e. The second-order valence-corrected chi connectivity index (χ2v) is 6.20. The van der Waals surface area contributed by atoms with Crippen LogP contribution in [0.3, 0.4) is 0 Å². The molecular weight excluding hydrogens is 296 g/mol. The van der Waals surface area contributed by atoms with E-state index in [1.165, 1.54) is 12.8 Å². The molecule has 1 N–H and O–H groups in total. The van der Waals surface area contributed by atoms with Gasteiger partial charge >= 0.3 is 5.97 Å². The minimum absolute atomic E-state index is 0.668. The molecule has 0 spiro atoms. The van der Waals surface area contributed by atoms with Crippen molar-refractivity contribution in [3.8, 4) is 5.75 Å². The van der Waals surface area contributed by atoms with E-state index in [2.05, 4.69) is 15.9 Å². The van der Waals surface area contributed by atoms with Crippen LogP contribution in [0.2, 0.25) is 0 Å². The van der Waals surface area contributed by atoms with E-state index in [1.807, 2.05) is 18.2 Å². The van der Waals surface area contributed by atoms with Crippen LogP contribution in [0.15, 0.2) is 22.7 Å². The van der Waals surface area contributed by atoms with Crippen molar-refractivity contribution < 1.29 is 14.6 Å². The van der Waals surface area contributed by atoms with Crippen LogP contribution in [-0.2, 0) is 10.2 Å². The fourth-order valence-corrected chi connectivity index (χ4v) is 2.58. The van der Waals surface area contributed by atoms with Gasteiger partial charge in [-0.2, -0.15) is 0 Å². The molecule has 0 radical (unpaired) electrons. The molecule has 3 rings (SSSR count). The molecule has 2 saturated carbocycles. The molecule has 96 valence electrons. The third kappa shape index (κ3) is 2.14. The number of carboxylic acids is 1. The number of hydrogen-bond acceptors (Lipinski definition) is 2. The lowest BCUT2D eigenvalue weighted by molar-refractivity contribution is -0.140. The summed E-state index contributed by atoms with van der Waals surface area (Å²) in [7, 11) is 0. The molecule has 18 heavy (non-hydrogen) atoms. The van der Waals surface area contributed by atoms with Gasteiger partial charge in [-0.25, -0.2) is 0 Å². The third-order valence-corrected chi connectivity index (χ3v) is 4.28. The van der Waals surface area contributed by atoms with Crippen molar-refractivity contribution in [1.82, 2.24) is 0 Å². The molecule has 1 aromatic rings. The van der Waals surface area contributed by atoms with Gasteiger partial charge in [0.05, 0.1) is 12.0 Å². The first-order chi connectivity index (χ1) is 8.62. The Balaban J connectivity index is 1.90. The van der Waals surface area contributed by atoms with Crippen LogP contribution in [0, 0.1) is 5.92 Å². The Kier molecular flexibility index (Phi) is 2.85. The number of halogens is 1. The number of ether oxygens (including phenoxy) is 1. The summed E-state index contributed by atoms with van der Waals surface area (Å²) in [4.78, 5) is 11.4. The van der Waals surface area contributed by atoms with E-state index in [4.69, 9.17) is 4.74 Å². The van der Waals surface area contributed by atoms with Crippen molar-refractivity contribution in [3.05, 3.63) is 28.2 Å². The van der Waals surface area contributed by atoms with Gasteiger partial charge < -0.3 is 9.84 Å². The van der Waals surface area contributed by atoms with Crippen molar-refractivity contribution in [2.45, 2.75) is 31.1 Å². The molecule has 3 nitrogen and oxygen atoms in total. The Morgan fingerprint density at radius 3 is 2.72 bits per heavy atom. The smallest absolute Gasteiger partial charge is 0.314 e. The summed E-state index contributed by atoms with van der Waals surface area (Å²) in [6, 6.07) is 5.68. The lowest BCUT2D eigenvalue weighted by Crippen LogP contribution is -2.20. The monoisotopic (exact) mass is 310 g/mol. The fourth-order valence-electron chi connectivity index (χ4n) is 2.22. The van der Waals surface area contributed by atoms with Crippen LogP contribution in [0.25, 0.3) is 0 Å². The number of hydrogen-bond donors (Lipinski definition) is 1. The van der Waals surface area contributed by atoms with E-state index in [9.17, 15) is 9.90 Å². The predicted octanol–water partition coefficient (Wildman–Crippen LogP) is 3.35. The lowest BCUT2D eigenvalue weighted by atomic mass is 9.95. The Bertz CT molecular complexity index is 490. The molecule has 4 heteroatoms. The van der Waals surface area contributed by atoms with Gasteiger partial charge in [0.1, 0.15) is 5.75 Å². The van der Waals surface area contributed by atoms with Gasteiger partial charge in [0.25, 0.3) is 0 Å². The lowest BCUT2D eigenvalue weighted by Gasteiger charge is -2.16. The minimum Gasteiger partial charge on any atom is -0.493 e. The standard InChI is InChI=1S/C14H15BrO3/c15-10-3-4-12(18-8-9-1-2-9)11(7-10)14(5-6-14)13(16)17/h3-4,7,9H,1-2,5-6,8H2,(H,16,17). The number of benzene rings is 1. The molecule has 0 aliphatic heterocycles. The summed E-state index contributed by atoms with van der Waals surface area (Å²) in [6.07, 6.45) is 3.88. The van der Waals surface area contributed by atoms with Gasteiger partial charge in [0.2, 0.25) is 0 Å². The molecule has 0 saturated heterocycles. The van der Waals surface area contributed by atoms with E-state index in [0.717, 1.165) is 15.8 Å². The summed E-state index contributed by atoms with van der Waals surface area (Å²) < 4.78 is 6.71. The summed E-state index contributed by atoms with van der Waals surface area (Å²) >= 11 is 3.41. The molecular formula is C14H15BrO3. The molecule has 2 aliphatic carbocycles. The van der Waals surface area contributed by atoms with E-state index >= 15 is 0 Å². The van der Waals surface area contributed by atoms with Gasteiger partial charge in [-0.3, -0.25) is 4.79 Å². The summed E-state index contributed by atoms with van der Waals surface area (Å²) in [5.41, 5.74) is 0.118. The Hall–Kier alpha value is -1.03. The number of rotatable bonds is 5. The number of aliphatic carboxylic acids is 1. The van der Waals surface area contributed by atoms with Crippen LogP contribution >= 0.6 is 15.9 Å². The zero-order valence-electron chi connectivity index (χ0n) is 9.99. The normalized spacial score (nSPS) is 20.5. The second kappa shape index (κ2) is 4.26. The van der Waals surface area contributed by atoms with Gasteiger partial charge in [0.15, 0.2) is 0 Å². The molecule has 0 amide bonds. The highest BCUT2D eigenvalue weighted by molar-refractivity contribution is 9.10. The van der Waals surface area contributed by atoms with Crippen molar-refractivity contribution >= 4 is 21.9 Å². The molecule has 2 aliphatic rings.